The van der Waals surface area contributed by atoms with E-state index in [1.165, 1.54) is 0 Å². The van der Waals surface area contributed by atoms with E-state index >= 15 is 0 Å². The van der Waals surface area contributed by atoms with Crippen LogP contribution in [-0.2, 0) is 0 Å². The number of anilines is 4. The van der Waals surface area contributed by atoms with E-state index in [-0.39, 0.29) is 0 Å². The lowest BCUT2D eigenvalue weighted by molar-refractivity contribution is 1.11. The van der Waals surface area contributed by atoms with E-state index in [0.717, 1.165) is 33.5 Å². The van der Waals surface area contributed by atoms with Crippen LogP contribution in [0.1, 0.15) is 11.3 Å². The van der Waals surface area contributed by atoms with Crippen molar-refractivity contribution in [2.75, 3.05) is 10.6 Å². The molecule has 3 aromatic rings. The summed E-state index contributed by atoms with van der Waals surface area (Å²) >= 11 is 6.00. The lowest BCUT2D eigenvalue weighted by Gasteiger charge is -2.12. The first-order chi connectivity index (χ1) is 11.1. The van der Waals surface area contributed by atoms with E-state index in [0.29, 0.717) is 5.95 Å². The molecule has 2 aromatic carbocycles. The van der Waals surface area contributed by atoms with E-state index in [2.05, 4.69) is 20.6 Å². The molecule has 0 amide bonds. The van der Waals surface area contributed by atoms with Crippen molar-refractivity contribution in [1.29, 1.82) is 0 Å². The lowest BCUT2D eigenvalue weighted by Crippen LogP contribution is -2.03. The van der Waals surface area contributed by atoms with Crippen molar-refractivity contribution in [3.63, 3.8) is 0 Å². The molecular weight excluding hydrogens is 308 g/mol. The minimum Gasteiger partial charge on any atom is -0.340 e. The van der Waals surface area contributed by atoms with Crippen LogP contribution in [0, 0.1) is 13.8 Å². The molecule has 116 valence electrons. The maximum absolute atomic E-state index is 6.00. The SMILES string of the molecule is Cc1cc(Nc2ccc(Cl)cc2C)nc(Nc2ccccc2)n1. The molecule has 23 heavy (non-hydrogen) atoms. The van der Waals surface area contributed by atoms with Crippen molar-refractivity contribution in [1.82, 2.24) is 9.97 Å². The number of benzene rings is 2. The summed E-state index contributed by atoms with van der Waals surface area (Å²) in [7, 11) is 0. The van der Waals surface area contributed by atoms with E-state index < -0.39 is 0 Å². The molecule has 0 saturated carbocycles. The van der Waals surface area contributed by atoms with E-state index in [1.54, 1.807) is 0 Å². The zero-order valence-electron chi connectivity index (χ0n) is 13.0. The van der Waals surface area contributed by atoms with Crippen LogP contribution in [0.3, 0.4) is 0 Å². The van der Waals surface area contributed by atoms with Gasteiger partial charge in [-0.2, -0.15) is 4.98 Å². The highest BCUT2D eigenvalue weighted by atomic mass is 35.5. The third kappa shape index (κ3) is 3.99. The van der Waals surface area contributed by atoms with Crippen molar-refractivity contribution in [3.05, 3.63) is 70.9 Å². The second kappa shape index (κ2) is 6.67. The van der Waals surface area contributed by atoms with Crippen LogP contribution in [0.5, 0.6) is 0 Å². The van der Waals surface area contributed by atoms with Crippen molar-refractivity contribution in [2.24, 2.45) is 0 Å². The molecule has 0 aliphatic carbocycles. The highest BCUT2D eigenvalue weighted by Gasteiger charge is 2.05. The molecule has 0 spiro atoms. The van der Waals surface area contributed by atoms with Gasteiger partial charge in [-0.05, 0) is 49.7 Å². The Morgan fingerprint density at radius 3 is 2.39 bits per heavy atom. The molecule has 0 saturated heterocycles. The average Bonchev–Trinajstić information content (AvgIpc) is 2.50. The Hall–Kier alpha value is -2.59. The summed E-state index contributed by atoms with van der Waals surface area (Å²) in [6.07, 6.45) is 0. The van der Waals surface area contributed by atoms with Gasteiger partial charge in [0.05, 0.1) is 0 Å². The Kier molecular flexibility index (Phi) is 4.44. The molecule has 0 bridgehead atoms. The Morgan fingerprint density at radius 2 is 1.65 bits per heavy atom. The molecule has 5 heteroatoms. The van der Waals surface area contributed by atoms with E-state index in [4.69, 9.17) is 11.6 Å². The number of hydrogen-bond acceptors (Lipinski definition) is 4. The number of nitrogens with zero attached hydrogens (tertiary/aromatic N) is 2. The summed E-state index contributed by atoms with van der Waals surface area (Å²) < 4.78 is 0. The maximum atomic E-state index is 6.00. The molecule has 0 aliphatic heterocycles. The fourth-order valence-corrected chi connectivity index (χ4v) is 2.47. The maximum Gasteiger partial charge on any atom is 0.229 e. The lowest BCUT2D eigenvalue weighted by atomic mass is 10.2. The van der Waals surface area contributed by atoms with Crippen LogP contribution in [-0.4, -0.2) is 9.97 Å². The van der Waals surface area contributed by atoms with Gasteiger partial charge >= 0.3 is 0 Å². The molecule has 0 aliphatic rings. The molecule has 0 fully saturated rings. The first-order valence-electron chi connectivity index (χ1n) is 7.31. The van der Waals surface area contributed by atoms with Crippen LogP contribution in [0.25, 0.3) is 0 Å². The summed E-state index contributed by atoms with van der Waals surface area (Å²) in [4.78, 5) is 8.95. The molecule has 3 rings (SSSR count). The molecule has 0 radical (unpaired) electrons. The second-order valence-electron chi connectivity index (χ2n) is 5.29. The van der Waals surface area contributed by atoms with Crippen LogP contribution in [0.2, 0.25) is 5.02 Å². The Morgan fingerprint density at radius 1 is 0.870 bits per heavy atom. The Bertz CT molecular complexity index is 819. The van der Waals surface area contributed by atoms with Gasteiger partial charge < -0.3 is 10.6 Å². The van der Waals surface area contributed by atoms with Crippen LogP contribution < -0.4 is 10.6 Å². The second-order valence-corrected chi connectivity index (χ2v) is 5.73. The molecule has 0 atom stereocenters. The number of para-hydroxylation sites is 1. The van der Waals surface area contributed by atoms with Crippen LogP contribution in [0.4, 0.5) is 23.1 Å². The average molecular weight is 325 g/mol. The fourth-order valence-electron chi connectivity index (χ4n) is 2.24. The predicted molar refractivity (Wildman–Crippen MR) is 96.0 cm³/mol. The third-order valence-electron chi connectivity index (χ3n) is 3.34. The summed E-state index contributed by atoms with van der Waals surface area (Å²) in [5, 5.41) is 7.25. The Balaban J connectivity index is 1.85. The first kappa shape index (κ1) is 15.3. The summed E-state index contributed by atoms with van der Waals surface area (Å²) in [6.45, 7) is 3.95. The zero-order valence-corrected chi connectivity index (χ0v) is 13.7. The van der Waals surface area contributed by atoms with Crippen molar-refractivity contribution >= 4 is 34.7 Å². The highest BCUT2D eigenvalue weighted by Crippen LogP contribution is 2.24. The monoisotopic (exact) mass is 324 g/mol. The number of halogens is 1. The molecule has 2 N–H and O–H groups in total. The van der Waals surface area contributed by atoms with Crippen molar-refractivity contribution < 1.29 is 0 Å². The first-order valence-corrected chi connectivity index (χ1v) is 7.69. The summed E-state index contributed by atoms with van der Waals surface area (Å²) in [6, 6.07) is 17.5. The predicted octanol–water partition coefficient (Wildman–Crippen LogP) is 5.23. The normalized spacial score (nSPS) is 10.4. The molecule has 1 aromatic heterocycles. The van der Waals surface area contributed by atoms with Gasteiger partial charge in [0.2, 0.25) is 5.95 Å². The smallest absolute Gasteiger partial charge is 0.229 e. The van der Waals surface area contributed by atoms with Gasteiger partial charge in [-0.15, -0.1) is 0 Å². The van der Waals surface area contributed by atoms with Gasteiger partial charge in [-0.3, -0.25) is 0 Å². The highest BCUT2D eigenvalue weighted by molar-refractivity contribution is 6.30. The molecular formula is C18H17ClN4. The summed E-state index contributed by atoms with van der Waals surface area (Å²) in [5.74, 6) is 1.30. The molecule has 0 unspecified atom stereocenters. The number of hydrogen-bond donors (Lipinski definition) is 2. The van der Waals surface area contributed by atoms with Crippen molar-refractivity contribution in [3.8, 4) is 0 Å². The number of aryl methyl sites for hydroxylation is 2. The minimum atomic E-state index is 0.560. The quantitative estimate of drug-likeness (QED) is 0.689. The van der Waals surface area contributed by atoms with Crippen molar-refractivity contribution in [2.45, 2.75) is 13.8 Å². The van der Waals surface area contributed by atoms with Gasteiger partial charge in [-0.1, -0.05) is 29.8 Å². The summed E-state index contributed by atoms with van der Waals surface area (Å²) in [5.41, 5.74) is 3.86. The van der Waals surface area contributed by atoms with Crippen LogP contribution >= 0.6 is 11.6 Å². The Labute approximate surface area is 140 Å². The molecule has 4 nitrogen and oxygen atoms in total. The van der Waals surface area contributed by atoms with Gasteiger partial charge in [0, 0.05) is 28.2 Å². The standard InChI is InChI=1S/C18H17ClN4/c1-12-10-14(19)8-9-16(12)22-17-11-13(2)20-18(23-17)21-15-6-4-3-5-7-15/h3-11H,1-2H3,(H2,20,21,22,23). The van der Waals surface area contributed by atoms with Gasteiger partial charge in [-0.25, -0.2) is 4.98 Å². The fraction of sp³-hybridized carbons (Fsp3) is 0.111. The molecule has 1 heterocycles. The zero-order chi connectivity index (χ0) is 16.2. The largest absolute Gasteiger partial charge is 0.340 e. The van der Waals surface area contributed by atoms with Crippen LogP contribution in [0.15, 0.2) is 54.6 Å². The van der Waals surface area contributed by atoms with E-state index in [1.807, 2.05) is 68.4 Å². The van der Waals surface area contributed by atoms with E-state index in [9.17, 15) is 0 Å². The third-order valence-corrected chi connectivity index (χ3v) is 3.57. The minimum absolute atomic E-state index is 0.560. The van der Waals surface area contributed by atoms with Gasteiger partial charge in [0.15, 0.2) is 0 Å². The van der Waals surface area contributed by atoms with Gasteiger partial charge in [0.25, 0.3) is 0 Å². The topological polar surface area (TPSA) is 49.8 Å². The number of rotatable bonds is 4. The van der Waals surface area contributed by atoms with Gasteiger partial charge in [0.1, 0.15) is 5.82 Å². The number of aromatic nitrogens is 2. The number of nitrogens with one attached hydrogen (secondary N) is 2.